The third kappa shape index (κ3) is 5.17. The normalized spacial score (nSPS) is 11.4. The van der Waals surface area contributed by atoms with Gasteiger partial charge in [-0.25, -0.2) is 23.5 Å². The molecule has 0 radical (unpaired) electrons. The van der Waals surface area contributed by atoms with Gasteiger partial charge in [-0.1, -0.05) is 6.92 Å². The molecule has 164 valence electrons. The van der Waals surface area contributed by atoms with E-state index >= 15 is 0 Å². The van der Waals surface area contributed by atoms with Gasteiger partial charge in [0.15, 0.2) is 11.3 Å². The number of carbonyl (C=O) groups is 2. The zero-order chi connectivity index (χ0) is 22.8. The van der Waals surface area contributed by atoms with Crippen LogP contribution in [-0.2, 0) is 15.9 Å². The number of benzene rings is 1. The number of halogens is 1. The van der Waals surface area contributed by atoms with Gasteiger partial charge in [0.05, 0.1) is 12.3 Å². The Morgan fingerprint density at radius 1 is 1.16 bits per heavy atom. The van der Waals surface area contributed by atoms with Crippen molar-refractivity contribution in [2.24, 2.45) is 0 Å². The summed E-state index contributed by atoms with van der Waals surface area (Å²) >= 11 is 0. The highest BCUT2D eigenvalue weighted by atomic mass is 19.1. The zero-order valence-electron chi connectivity index (χ0n) is 18.2. The van der Waals surface area contributed by atoms with E-state index in [9.17, 15) is 14.0 Å². The van der Waals surface area contributed by atoms with Gasteiger partial charge in [0.25, 0.3) is 0 Å². The van der Waals surface area contributed by atoms with Crippen LogP contribution in [0.2, 0.25) is 0 Å². The molecule has 0 aliphatic rings. The van der Waals surface area contributed by atoms with Crippen molar-refractivity contribution >= 4 is 23.4 Å². The van der Waals surface area contributed by atoms with Gasteiger partial charge < -0.3 is 9.47 Å². The summed E-state index contributed by atoms with van der Waals surface area (Å²) in [6.45, 7) is 9.12. The second-order valence-electron chi connectivity index (χ2n) is 7.83. The van der Waals surface area contributed by atoms with Crippen LogP contribution in [0.5, 0.6) is 0 Å². The van der Waals surface area contributed by atoms with Crippen LogP contribution in [0, 0.1) is 5.82 Å². The molecule has 0 aliphatic carbocycles. The Kier molecular flexibility index (Phi) is 6.24. The minimum atomic E-state index is -0.659. The predicted octanol–water partition coefficient (Wildman–Crippen LogP) is 4.62. The average molecular weight is 428 g/mol. The van der Waals surface area contributed by atoms with E-state index in [0.29, 0.717) is 23.4 Å². The number of hydrogen-bond acceptors (Lipinski definition) is 6. The first-order chi connectivity index (χ1) is 14.6. The van der Waals surface area contributed by atoms with Crippen LogP contribution in [0.3, 0.4) is 0 Å². The van der Waals surface area contributed by atoms with Crippen molar-refractivity contribution in [2.45, 2.75) is 46.6 Å². The van der Waals surface area contributed by atoms with Crippen LogP contribution in [0.1, 0.15) is 50.8 Å². The summed E-state index contributed by atoms with van der Waals surface area (Å²) in [6, 6.07) is 7.34. The monoisotopic (exact) mass is 428 g/mol. The number of esters is 1. The average Bonchev–Trinajstić information content (AvgIpc) is 3.11. The Bertz CT molecular complexity index is 1130. The quantitative estimate of drug-likeness (QED) is 0.596. The van der Waals surface area contributed by atoms with Gasteiger partial charge in [0.1, 0.15) is 11.4 Å². The molecule has 3 rings (SSSR count). The maximum atomic E-state index is 14.6. The van der Waals surface area contributed by atoms with E-state index in [-0.39, 0.29) is 17.9 Å². The molecular formula is C22H25FN4O4. The number of ether oxygens (including phenoxy) is 2. The second-order valence-corrected chi connectivity index (χ2v) is 7.83. The summed E-state index contributed by atoms with van der Waals surface area (Å²) in [6.07, 6.45) is -0.0657. The van der Waals surface area contributed by atoms with Gasteiger partial charge in [-0.2, -0.15) is 5.10 Å². The molecule has 0 atom stereocenters. The van der Waals surface area contributed by atoms with Gasteiger partial charge in [-0.05, 0) is 58.4 Å². The third-order valence-electron chi connectivity index (χ3n) is 4.24. The molecule has 0 unspecified atom stereocenters. The largest absolute Gasteiger partial charge is 0.461 e. The Morgan fingerprint density at radius 3 is 2.55 bits per heavy atom. The maximum Gasteiger partial charge on any atom is 0.412 e. The van der Waals surface area contributed by atoms with Crippen molar-refractivity contribution in [1.82, 2.24) is 14.6 Å². The molecule has 9 heteroatoms. The number of rotatable bonds is 5. The number of hydrogen-bond donors (Lipinski definition) is 1. The maximum absolute atomic E-state index is 14.6. The van der Waals surface area contributed by atoms with Crippen LogP contribution in [0.15, 0.2) is 30.3 Å². The third-order valence-corrected chi connectivity index (χ3v) is 4.24. The first kappa shape index (κ1) is 22.2. The lowest BCUT2D eigenvalue weighted by molar-refractivity contribution is 0.0518. The van der Waals surface area contributed by atoms with E-state index in [0.717, 1.165) is 5.69 Å². The molecular weight excluding hydrogens is 403 g/mol. The number of anilines is 1. The summed E-state index contributed by atoms with van der Waals surface area (Å²) in [5.74, 6) is -1.04. The van der Waals surface area contributed by atoms with E-state index in [4.69, 9.17) is 9.47 Å². The fraction of sp³-hybridized carbons (Fsp3) is 0.364. The van der Waals surface area contributed by atoms with Crippen LogP contribution in [0.4, 0.5) is 14.9 Å². The number of nitrogens with one attached hydrogen (secondary N) is 1. The Hall–Kier alpha value is -3.49. The molecule has 31 heavy (non-hydrogen) atoms. The van der Waals surface area contributed by atoms with Crippen molar-refractivity contribution in [2.75, 3.05) is 11.9 Å². The van der Waals surface area contributed by atoms with Gasteiger partial charge in [-0.15, -0.1) is 0 Å². The summed E-state index contributed by atoms with van der Waals surface area (Å²) in [4.78, 5) is 28.4. The van der Waals surface area contributed by atoms with E-state index < -0.39 is 23.5 Å². The van der Waals surface area contributed by atoms with E-state index in [1.807, 2.05) is 6.92 Å². The lowest BCUT2D eigenvalue weighted by Crippen LogP contribution is -2.27. The fourth-order valence-corrected chi connectivity index (χ4v) is 2.95. The van der Waals surface area contributed by atoms with E-state index in [2.05, 4.69) is 15.4 Å². The molecule has 1 aromatic carbocycles. The SMILES string of the molecule is CCOC(=O)c1cc(CC)n2nc(-c3cc(NC(=O)OC(C)(C)C)ccc3F)cc2n1. The molecule has 1 amide bonds. The Balaban J connectivity index is 1.99. The van der Waals surface area contributed by atoms with Crippen molar-refractivity contribution < 1.29 is 23.5 Å². The summed E-state index contributed by atoms with van der Waals surface area (Å²) in [5.41, 5.74) is 1.47. The van der Waals surface area contributed by atoms with E-state index in [1.165, 1.54) is 18.2 Å². The summed E-state index contributed by atoms with van der Waals surface area (Å²) in [5, 5.41) is 7.05. The van der Waals surface area contributed by atoms with Crippen molar-refractivity contribution in [3.63, 3.8) is 0 Å². The predicted molar refractivity (Wildman–Crippen MR) is 114 cm³/mol. The molecule has 1 N–H and O–H groups in total. The van der Waals surface area contributed by atoms with Gasteiger partial charge >= 0.3 is 12.1 Å². The smallest absolute Gasteiger partial charge is 0.412 e. The topological polar surface area (TPSA) is 94.8 Å². The van der Waals surface area contributed by atoms with Crippen molar-refractivity contribution in [3.8, 4) is 11.3 Å². The highest BCUT2D eigenvalue weighted by molar-refractivity contribution is 5.88. The molecule has 0 saturated heterocycles. The first-order valence-corrected chi connectivity index (χ1v) is 9.98. The molecule has 0 spiro atoms. The number of nitrogens with zero attached hydrogens (tertiary/aromatic N) is 3. The van der Waals surface area contributed by atoms with Crippen LogP contribution < -0.4 is 5.32 Å². The lowest BCUT2D eigenvalue weighted by atomic mass is 10.1. The van der Waals surface area contributed by atoms with Crippen LogP contribution in [0.25, 0.3) is 16.9 Å². The van der Waals surface area contributed by atoms with Gasteiger partial charge in [0, 0.05) is 23.0 Å². The molecule has 0 aliphatic heterocycles. The van der Waals surface area contributed by atoms with Crippen molar-refractivity contribution in [1.29, 1.82) is 0 Å². The zero-order valence-corrected chi connectivity index (χ0v) is 18.2. The number of fused-ring (bicyclic) bond motifs is 1. The fourth-order valence-electron chi connectivity index (χ4n) is 2.95. The number of carbonyl (C=O) groups excluding carboxylic acids is 2. The Morgan fingerprint density at radius 2 is 1.90 bits per heavy atom. The van der Waals surface area contributed by atoms with E-state index in [1.54, 1.807) is 44.3 Å². The van der Waals surface area contributed by atoms with Gasteiger partial charge in [-0.3, -0.25) is 5.32 Å². The molecule has 0 saturated carbocycles. The first-order valence-electron chi connectivity index (χ1n) is 9.98. The molecule has 0 fully saturated rings. The van der Waals surface area contributed by atoms with Crippen molar-refractivity contribution in [3.05, 3.63) is 47.5 Å². The number of aromatic nitrogens is 3. The van der Waals surface area contributed by atoms with Crippen LogP contribution in [-0.4, -0.2) is 38.9 Å². The molecule has 2 aromatic heterocycles. The highest BCUT2D eigenvalue weighted by Gasteiger charge is 2.19. The summed E-state index contributed by atoms with van der Waals surface area (Å²) < 4.78 is 26.4. The molecule has 0 bridgehead atoms. The standard InChI is InChI=1S/C22H25FN4O4/c1-6-14-11-18(20(28)30-7-2)25-19-12-17(26-27(14)19)15-10-13(8-9-16(15)23)24-21(29)31-22(3,4)5/h8-12H,6-7H2,1-5H3,(H,24,29). The minimum absolute atomic E-state index is 0.165. The number of aryl methyl sites for hydroxylation is 1. The molecule has 3 aromatic rings. The Labute approximate surface area is 179 Å². The molecule has 8 nitrogen and oxygen atoms in total. The summed E-state index contributed by atoms with van der Waals surface area (Å²) in [7, 11) is 0. The van der Waals surface area contributed by atoms with Crippen LogP contribution >= 0.6 is 0 Å². The highest BCUT2D eigenvalue weighted by Crippen LogP contribution is 2.27. The lowest BCUT2D eigenvalue weighted by Gasteiger charge is -2.19. The second kappa shape index (κ2) is 8.71. The van der Waals surface area contributed by atoms with Gasteiger partial charge in [0.2, 0.25) is 0 Å². The molecule has 2 heterocycles. The minimum Gasteiger partial charge on any atom is -0.461 e. The number of amides is 1.